The average Bonchev–Trinajstić information content (AvgIpc) is 3.39. The van der Waals surface area contributed by atoms with Crippen molar-refractivity contribution in [1.82, 2.24) is 5.32 Å². The lowest BCUT2D eigenvalue weighted by molar-refractivity contribution is -0.302. The van der Waals surface area contributed by atoms with Gasteiger partial charge in [-0.05, 0) is 32.1 Å². The van der Waals surface area contributed by atoms with Gasteiger partial charge in [0, 0.05) is 12.8 Å². The monoisotopic (exact) mass is 1040 g/mol. The number of allylic oxidation sites excluding steroid dienone is 1. The molecular weight excluding hydrogens is 919 g/mol. The van der Waals surface area contributed by atoms with E-state index < -0.39 is 49.5 Å². The number of hydrogen-bond donors (Lipinski definition) is 6. The molecule has 1 saturated heterocycles. The molecule has 0 radical (unpaired) electrons. The molecule has 432 valence electrons. The van der Waals surface area contributed by atoms with E-state index in [4.69, 9.17) is 14.2 Å². The first-order chi connectivity index (χ1) is 35.7. The highest BCUT2D eigenvalue weighted by atomic mass is 16.7. The molecule has 1 aliphatic rings. The molecular formula is C62H119NO10. The van der Waals surface area contributed by atoms with E-state index in [1.54, 1.807) is 6.08 Å². The Labute approximate surface area is 448 Å². The highest BCUT2D eigenvalue weighted by Crippen LogP contribution is 2.23. The summed E-state index contributed by atoms with van der Waals surface area (Å²) in [7, 11) is 0. The van der Waals surface area contributed by atoms with Crippen LogP contribution in [0, 0.1) is 0 Å². The SMILES string of the molecule is CCCCCCCCC/C=C/C(O)C(COC1OC(CO)C(O)C(O)C1O)NC(=O)CCCCCCCCCCCCCCCCCCCCCOC(=O)CCCCCCCCCCCCCCCCCCC. The van der Waals surface area contributed by atoms with E-state index in [2.05, 4.69) is 19.2 Å². The van der Waals surface area contributed by atoms with Gasteiger partial charge in [0.25, 0.3) is 0 Å². The number of carbonyl (C=O) groups excluding carboxylic acids is 2. The van der Waals surface area contributed by atoms with Crippen LogP contribution in [0.3, 0.4) is 0 Å². The second-order valence-electron chi connectivity index (χ2n) is 22.1. The molecule has 0 spiro atoms. The summed E-state index contributed by atoms with van der Waals surface area (Å²) < 4.78 is 16.7. The Hall–Kier alpha value is -1.60. The Balaban J connectivity index is 1.97. The van der Waals surface area contributed by atoms with Crippen molar-refractivity contribution in [3.63, 3.8) is 0 Å². The number of ether oxygens (including phenoxy) is 3. The molecule has 0 bridgehead atoms. The fourth-order valence-electron chi connectivity index (χ4n) is 10.1. The fraction of sp³-hybridized carbons (Fsp3) is 0.935. The van der Waals surface area contributed by atoms with Gasteiger partial charge in [-0.2, -0.15) is 0 Å². The van der Waals surface area contributed by atoms with Crippen LogP contribution in [0.2, 0.25) is 0 Å². The Morgan fingerprint density at radius 1 is 0.493 bits per heavy atom. The first-order valence-corrected chi connectivity index (χ1v) is 31.5. The Morgan fingerprint density at radius 3 is 1.27 bits per heavy atom. The quantitative estimate of drug-likeness (QED) is 0.0195. The Morgan fingerprint density at radius 2 is 0.863 bits per heavy atom. The molecule has 11 heteroatoms. The van der Waals surface area contributed by atoms with E-state index in [0.29, 0.717) is 19.4 Å². The van der Waals surface area contributed by atoms with E-state index in [-0.39, 0.29) is 18.5 Å². The lowest BCUT2D eigenvalue weighted by atomic mass is 9.99. The molecule has 1 aliphatic heterocycles. The van der Waals surface area contributed by atoms with Crippen LogP contribution in [0.5, 0.6) is 0 Å². The van der Waals surface area contributed by atoms with E-state index in [9.17, 15) is 35.1 Å². The van der Waals surface area contributed by atoms with Crippen molar-refractivity contribution in [3.05, 3.63) is 12.2 Å². The molecule has 0 aromatic rings. The van der Waals surface area contributed by atoms with Crippen molar-refractivity contribution in [2.45, 2.75) is 352 Å². The first-order valence-electron chi connectivity index (χ1n) is 31.5. The summed E-state index contributed by atoms with van der Waals surface area (Å²) in [5.41, 5.74) is 0. The minimum absolute atomic E-state index is 0.00135. The molecule has 0 saturated carbocycles. The van der Waals surface area contributed by atoms with Gasteiger partial charge in [-0.3, -0.25) is 9.59 Å². The zero-order valence-corrected chi connectivity index (χ0v) is 47.6. The fourth-order valence-corrected chi connectivity index (χ4v) is 10.1. The zero-order valence-electron chi connectivity index (χ0n) is 47.6. The lowest BCUT2D eigenvalue weighted by Crippen LogP contribution is -2.60. The molecule has 1 rings (SSSR count). The van der Waals surface area contributed by atoms with Gasteiger partial charge in [-0.25, -0.2) is 0 Å². The van der Waals surface area contributed by atoms with E-state index in [0.717, 1.165) is 64.2 Å². The van der Waals surface area contributed by atoms with Crippen LogP contribution >= 0.6 is 0 Å². The first kappa shape index (κ1) is 69.4. The van der Waals surface area contributed by atoms with Gasteiger partial charge in [0.15, 0.2) is 6.29 Å². The third kappa shape index (κ3) is 42.1. The highest BCUT2D eigenvalue weighted by Gasteiger charge is 2.44. The molecule has 0 aromatic heterocycles. The second-order valence-corrected chi connectivity index (χ2v) is 22.1. The smallest absolute Gasteiger partial charge is 0.305 e. The zero-order chi connectivity index (χ0) is 53.1. The number of rotatable bonds is 55. The lowest BCUT2D eigenvalue weighted by Gasteiger charge is -2.40. The minimum Gasteiger partial charge on any atom is -0.466 e. The van der Waals surface area contributed by atoms with Crippen LogP contribution < -0.4 is 5.32 Å². The van der Waals surface area contributed by atoms with Gasteiger partial charge in [-0.15, -0.1) is 0 Å². The van der Waals surface area contributed by atoms with E-state index in [1.807, 2.05) is 6.08 Å². The van der Waals surface area contributed by atoms with Gasteiger partial charge in [-0.1, -0.05) is 276 Å². The van der Waals surface area contributed by atoms with E-state index in [1.165, 1.54) is 218 Å². The molecule has 7 atom stereocenters. The van der Waals surface area contributed by atoms with Crippen LogP contribution in [-0.2, 0) is 23.8 Å². The van der Waals surface area contributed by atoms with Crippen molar-refractivity contribution >= 4 is 11.9 Å². The summed E-state index contributed by atoms with van der Waals surface area (Å²) in [5.74, 6) is -0.187. The van der Waals surface area contributed by atoms with Crippen molar-refractivity contribution < 1.29 is 49.3 Å². The maximum absolute atomic E-state index is 13.0. The average molecular weight is 1040 g/mol. The third-order valence-corrected chi connectivity index (χ3v) is 15.2. The molecule has 1 fully saturated rings. The van der Waals surface area contributed by atoms with Gasteiger partial charge in [0.05, 0.1) is 32.0 Å². The normalized spacial score (nSPS) is 18.9. The maximum Gasteiger partial charge on any atom is 0.305 e. The number of aliphatic hydroxyl groups is 5. The van der Waals surface area contributed by atoms with Gasteiger partial charge in [0.1, 0.15) is 24.4 Å². The molecule has 73 heavy (non-hydrogen) atoms. The molecule has 0 aliphatic carbocycles. The van der Waals surface area contributed by atoms with Gasteiger partial charge in [0.2, 0.25) is 5.91 Å². The predicted molar refractivity (Wildman–Crippen MR) is 301 cm³/mol. The molecule has 6 N–H and O–H groups in total. The van der Waals surface area contributed by atoms with Crippen LogP contribution in [-0.4, -0.2) is 100 Å². The molecule has 7 unspecified atom stereocenters. The second kappa shape index (κ2) is 52.5. The van der Waals surface area contributed by atoms with Gasteiger partial charge < -0.3 is 45.1 Å². The summed E-state index contributed by atoms with van der Waals surface area (Å²) in [6.45, 7) is 4.33. The van der Waals surface area contributed by atoms with Gasteiger partial charge >= 0.3 is 5.97 Å². The van der Waals surface area contributed by atoms with Crippen molar-refractivity contribution in [2.75, 3.05) is 19.8 Å². The highest BCUT2D eigenvalue weighted by molar-refractivity contribution is 5.76. The topological polar surface area (TPSA) is 175 Å². The largest absolute Gasteiger partial charge is 0.466 e. The summed E-state index contributed by atoms with van der Waals surface area (Å²) in [6.07, 6.45) is 51.8. The molecule has 1 heterocycles. The third-order valence-electron chi connectivity index (χ3n) is 15.2. The summed E-state index contributed by atoms with van der Waals surface area (Å²) in [5, 5.41) is 54.2. The number of esters is 1. The van der Waals surface area contributed by atoms with Crippen molar-refractivity contribution in [1.29, 1.82) is 0 Å². The van der Waals surface area contributed by atoms with Crippen molar-refractivity contribution in [2.24, 2.45) is 0 Å². The number of hydrogen-bond acceptors (Lipinski definition) is 10. The van der Waals surface area contributed by atoms with Crippen LogP contribution in [0.15, 0.2) is 12.2 Å². The van der Waals surface area contributed by atoms with Crippen molar-refractivity contribution in [3.8, 4) is 0 Å². The van der Waals surface area contributed by atoms with E-state index >= 15 is 0 Å². The number of nitrogens with one attached hydrogen (secondary N) is 1. The number of unbranched alkanes of at least 4 members (excludes halogenated alkanes) is 41. The van der Waals surface area contributed by atoms with Crippen LogP contribution in [0.1, 0.15) is 309 Å². The Kier molecular flexibility index (Phi) is 49.9. The number of aliphatic hydroxyl groups excluding tert-OH is 5. The number of carbonyl (C=O) groups is 2. The summed E-state index contributed by atoms with van der Waals surface area (Å²) >= 11 is 0. The summed E-state index contributed by atoms with van der Waals surface area (Å²) in [6, 6.07) is -0.810. The molecule has 11 nitrogen and oxygen atoms in total. The summed E-state index contributed by atoms with van der Waals surface area (Å²) in [4.78, 5) is 25.1. The predicted octanol–water partition coefficient (Wildman–Crippen LogP) is 14.7. The van der Waals surface area contributed by atoms with Crippen LogP contribution in [0.4, 0.5) is 0 Å². The minimum atomic E-state index is -1.57. The molecule has 1 amide bonds. The number of amides is 1. The maximum atomic E-state index is 13.0. The Bertz CT molecular complexity index is 1220. The van der Waals surface area contributed by atoms with Crippen LogP contribution in [0.25, 0.3) is 0 Å². The molecule has 0 aromatic carbocycles. The standard InChI is InChI=1S/C62H119NO10/c1-3-5-7-9-11-13-14-15-16-20-24-27-30-34-38-42-46-50-58(67)71-51-47-43-39-35-31-28-25-22-19-17-18-21-23-26-29-33-37-41-45-49-57(66)63-54(55(65)48-44-40-36-32-12-10-8-6-4-2)53-72-62-61(70)60(69)59(68)56(52-64)73-62/h44,48,54-56,59-62,64-65,68-70H,3-43,45-47,49-53H2,1-2H3,(H,63,66)/b48-44+.